The molecule has 0 aliphatic carbocycles. The van der Waals surface area contributed by atoms with Crippen LogP contribution in [0.25, 0.3) is 0 Å². The Morgan fingerprint density at radius 2 is 2.04 bits per heavy atom. The number of guanidine groups is 1. The van der Waals surface area contributed by atoms with E-state index in [2.05, 4.69) is 31.2 Å². The molecule has 0 radical (unpaired) electrons. The van der Waals surface area contributed by atoms with Gasteiger partial charge in [-0.25, -0.2) is 4.98 Å². The zero-order valence-corrected chi connectivity index (χ0v) is 14.4. The fourth-order valence-corrected chi connectivity index (χ4v) is 2.95. The van der Waals surface area contributed by atoms with E-state index in [1.54, 1.807) is 7.05 Å². The van der Waals surface area contributed by atoms with Crippen molar-refractivity contribution in [2.75, 3.05) is 38.1 Å². The molecule has 0 bridgehead atoms. The van der Waals surface area contributed by atoms with Crippen LogP contribution in [-0.4, -0.2) is 49.1 Å². The molecule has 1 aliphatic heterocycles. The number of hydrogen-bond acceptors (Lipinski definition) is 4. The van der Waals surface area contributed by atoms with Crippen molar-refractivity contribution in [2.24, 2.45) is 4.99 Å². The Bertz CT molecular complexity index is 757. The lowest BCUT2D eigenvalue weighted by Gasteiger charge is -2.37. The molecule has 1 N–H and O–H groups in total. The van der Waals surface area contributed by atoms with Crippen molar-refractivity contribution >= 4 is 11.8 Å². The third-order valence-electron chi connectivity index (χ3n) is 4.27. The van der Waals surface area contributed by atoms with Crippen LogP contribution in [0.15, 0.2) is 53.7 Å². The van der Waals surface area contributed by atoms with Gasteiger partial charge in [0.25, 0.3) is 0 Å². The number of nitriles is 1. The summed E-state index contributed by atoms with van der Waals surface area (Å²) in [4.78, 5) is 13.4. The number of nitrogens with one attached hydrogen (secondary N) is 1. The fourth-order valence-electron chi connectivity index (χ4n) is 2.95. The van der Waals surface area contributed by atoms with Crippen LogP contribution in [0.2, 0.25) is 0 Å². The molecule has 6 nitrogen and oxygen atoms in total. The molecular formula is C19H22N6. The molecule has 0 atom stereocenters. The second-order valence-corrected chi connectivity index (χ2v) is 5.87. The fraction of sp³-hybridized carbons (Fsp3) is 0.316. The number of hydrogen-bond donors (Lipinski definition) is 1. The Labute approximate surface area is 148 Å². The highest BCUT2D eigenvalue weighted by Crippen LogP contribution is 2.12. The van der Waals surface area contributed by atoms with Crippen LogP contribution in [0, 0.1) is 11.3 Å². The first-order valence-electron chi connectivity index (χ1n) is 8.41. The Hall–Kier alpha value is -3.07. The summed E-state index contributed by atoms with van der Waals surface area (Å²) in [5.41, 5.74) is 1.76. The molecule has 1 aromatic carbocycles. The van der Waals surface area contributed by atoms with Crippen molar-refractivity contribution in [3.8, 4) is 6.07 Å². The van der Waals surface area contributed by atoms with E-state index in [0.717, 1.165) is 43.5 Å². The smallest absolute Gasteiger partial charge is 0.194 e. The molecule has 2 heterocycles. The van der Waals surface area contributed by atoms with E-state index in [1.807, 2.05) is 48.7 Å². The van der Waals surface area contributed by atoms with Gasteiger partial charge in [0.1, 0.15) is 5.82 Å². The van der Waals surface area contributed by atoms with Crippen molar-refractivity contribution in [3.05, 3.63) is 59.8 Å². The van der Waals surface area contributed by atoms with Crippen molar-refractivity contribution in [1.29, 1.82) is 5.26 Å². The first-order chi connectivity index (χ1) is 12.3. The highest BCUT2D eigenvalue weighted by Gasteiger charge is 2.20. The molecule has 25 heavy (non-hydrogen) atoms. The standard InChI is InChI=1S/C19H22N6/c1-21-19(23-15-17-6-4-5-16(13-17)14-20)25-11-9-24(10-12-25)18-7-2-3-8-22-18/h2-8,13H,9-12,15H2,1H3,(H,21,23). The normalized spacial score (nSPS) is 15.0. The van der Waals surface area contributed by atoms with E-state index in [-0.39, 0.29) is 0 Å². The third kappa shape index (κ3) is 4.27. The average molecular weight is 334 g/mol. The number of pyridine rings is 1. The molecule has 6 heteroatoms. The van der Waals surface area contributed by atoms with Gasteiger partial charge in [0, 0.05) is 46.0 Å². The molecule has 0 spiro atoms. The number of rotatable bonds is 3. The highest BCUT2D eigenvalue weighted by molar-refractivity contribution is 5.80. The molecule has 1 aromatic heterocycles. The molecule has 1 fully saturated rings. The average Bonchev–Trinajstić information content (AvgIpc) is 2.70. The van der Waals surface area contributed by atoms with E-state index in [1.165, 1.54) is 0 Å². The summed E-state index contributed by atoms with van der Waals surface area (Å²) in [5.74, 6) is 1.92. The Balaban J connectivity index is 1.55. The number of aromatic nitrogens is 1. The van der Waals surface area contributed by atoms with Gasteiger partial charge in [-0.2, -0.15) is 5.26 Å². The maximum absolute atomic E-state index is 9.00. The van der Waals surface area contributed by atoms with Crippen molar-refractivity contribution < 1.29 is 0 Å². The summed E-state index contributed by atoms with van der Waals surface area (Å²) in [6.07, 6.45) is 1.83. The molecule has 0 unspecified atom stereocenters. The quantitative estimate of drug-likeness (QED) is 0.685. The van der Waals surface area contributed by atoms with Crippen LogP contribution in [0.5, 0.6) is 0 Å². The minimum absolute atomic E-state index is 0.655. The second-order valence-electron chi connectivity index (χ2n) is 5.87. The first-order valence-corrected chi connectivity index (χ1v) is 8.41. The number of aliphatic imine (C=N–C) groups is 1. The van der Waals surface area contributed by atoms with Crippen molar-refractivity contribution in [1.82, 2.24) is 15.2 Å². The summed E-state index contributed by atoms with van der Waals surface area (Å²) >= 11 is 0. The van der Waals surface area contributed by atoms with E-state index in [4.69, 9.17) is 5.26 Å². The van der Waals surface area contributed by atoms with Gasteiger partial charge in [0.2, 0.25) is 0 Å². The molecule has 0 amide bonds. The third-order valence-corrected chi connectivity index (χ3v) is 4.27. The lowest BCUT2D eigenvalue weighted by atomic mass is 10.1. The van der Waals surface area contributed by atoms with E-state index in [9.17, 15) is 0 Å². The van der Waals surface area contributed by atoms with Crippen LogP contribution >= 0.6 is 0 Å². The molecule has 128 valence electrons. The number of nitrogens with zero attached hydrogens (tertiary/aromatic N) is 5. The number of anilines is 1. The van der Waals surface area contributed by atoms with E-state index >= 15 is 0 Å². The Kier molecular flexibility index (Phi) is 5.47. The molecule has 1 saturated heterocycles. The van der Waals surface area contributed by atoms with Crippen LogP contribution in [-0.2, 0) is 6.54 Å². The maximum atomic E-state index is 9.00. The predicted octanol–water partition coefficient (Wildman–Crippen LogP) is 1.85. The largest absolute Gasteiger partial charge is 0.353 e. The number of benzene rings is 1. The van der Waals surface area contributed by atoms with E-state index in [0.29, 0.717) is 12.1 Å². The van der Waals surface area contributed by atoms with Crippen molar-refractivity contribution in [2.45, 2.75) is 6.54 Å². The summed E-state index contributed by atoms with van der Waals surface area (Å²) in [6.45, 7) is 4.29. The van der Waals surface area contributed by atoms with Gasteiger partial charge >= 0.3 is 0 Å². The molecule has 3 rings (SSSR count). The predicted molar refractivity (Wildman–Crippen MR) is 99.4 cm³/mol. The van der Waals surface area contributed by atoms with Crippen molar-refractivity contribution in [3.63, 3.8) is 0 Å². The first kappa shape index (κ1) is 16.8. The number of piperazine rings is 1. The minimum Gasteiger partial charge on any atom is -0.353 e. The van der Waals surface area contributed by atoms with Gasteiger partial charge in [-0.1, -0.05) is 18.2 Å². The van der Waals surface area contributed by atoms with Crippen LogP contribution in [0.4, 0.5) is 5.82 Å². The minimum atomic E-state index is 0.655. The molecule has 1 aliphatic rings. The van der Waals surface area contributed by atoms with Gasteiger partial charge in [0.05, 0.1) is 11.6 Å². The van der Waals surface area contributed by atoms with Crippen LogP contribution < -0.4 is 10.2 Å². The lowest BCUT2D eigenvalue weighted by molar-refractivity contribution is 0.371. The summed E-state index contributed by atoms with van der Waals surface area (Å²) in [7, 11) is 1.80. The van der Waals surface area contributed by atoms with Crippen LogP contribution in [0.3, 0.4) is 0 Å². The zero-order chi connectivity index (χ0) is 17.5. The Morgan fingerprint density at radius 3 is 2.72 bits per heavy atom. The van der Waals surface area contributed by atoms with E-state index < -0.39 is 0 Å². The molecular weight excluding hydrogens is 312 g/mol. The zero-order valence-electron chi connectivity index (χ0n) is 14.4. The lowest BCUT2D eigenvalue weighted by Crippen LogP contribution is -2.52. The molecule has 2 aromatic rings. The van der Waals surface area contributed by atoms with Gasteiger partial charge in [-0.15, -0.1) is 0 Å². The second kappa shape index (κ2) is 8.15. The van der Waals surface area contributed by atoms with Gasteiger partial charge in [-0.3, -0.25) is 4.99 Å². The SMILES string of the molecule is CN=C(NCc1cccc(C#N)c1)N1CCN(c2ccccn2)CC1. The summed E-state index contributed by atoms with van der Waals surface area (Å²) < 4.78 is 0. The monoisotopic (exact) mass is 334 g/mol. The Morgan fingerprint density at radius 1 is 1.20 bits per heavy atom. The summed E-state index contributed by atoms with van der Waals surface area (Å²) in [6, 6.07) is 15.8. The van der Waals surface area contributed by atoms with Gasteiger partial charge < -0.3 is 15.1 Å². The van der Waals surface area contributed by atoms with Crippen LogP contribution in [0.1, 0.15) is 11.1 Å². The van der Waals surface area contributed by atoms with Gasteiger partial charge in [0.15, 0.2) is 5.96 Å². The summed E-state index contributed by atoms with van der Waals surface area (Å²) in [5, 5.41) is 12.4. The molecule has 0 saturated carbocycles. The highest BCUT2D eigenvalue weighted by atomic mass is 15.4. The maximum Gasteiger partial charge on any atom is 0.194 e. The topological polar surface area (TPSA) is 67.6 Å². The van der Waals surface area contributed by atoms with Gasteiger partial charge in [-0.05, 0) is 29.8 Å².